The van der Waals surface area contributed by atoms with Crippen molar-refractivity contribution in [3.8, 4) is 0 Å². The van der Waals surface area contributed by atoms with Crippen LogP contribution in [0.5, 0.6) is 0 Å². The molecular weight excluding hydrogens is 286 g/mol. The van der Waals surface area contributed by atoms with Gasteiger partial charge in [-0.2, -0.15) is 0 Å². The molecule has 2 N–H and O–H groups in total. The fraction of sp³-hybridized carbons (Fsp3) is 0.188. The monoisotopic (exact) mass is 299 g/mol. The molecule has 1 aliphatic carbocycles. The third-order valence-corrected chi connectivity index (χ3v) is 3.56. The summed E-state index contributed by atoms with van der Waals surface area (Å²) in [6, 6.07) is 6.44. The van der Waals surface area contributed by atoms with Crippen molar-refractivity contribution in [3.05, 3.63) is 58.0 Å². The Balaban J connectivity index is 2.16. The van der Waals surface area contributed by atoms with Crippen LogP contribution in [-0.2, 0) is 0 Å². The van der Waals surface area contributed by atoms with Crippen molar-refractivity contribution in [2.45, 2.75) is 6.92 Å². The highest BCUT2D eigenvalue weighted by Gasteiger charge is 2.38. The molecule has 1 aliphatic rings. The van der Waals surface area contributed by atoms with Crippen molar-refractivity contribution < 1.29 is 23.9 Å². The van der Waals surface area contributed by atoms with Crippen LogP contribution in [0.2, 0.25) is 0 Å². The number of carbonyl (C=O) groups excluding carboxylic acids is 3. The maximum absolute atomic E-state index is 12.6. The standard InChI is InChI=1S/C16H13NO5/c1-8-11(16(21)17-6-7-18)12-13(19)9-4-2-3-5-10(9)14(20)15(12)22-8/h2-5,18H,6-7H2,1H3,(H,17,21). The van der Waals surface area contributed by atoms with E-state index in [2.05, 4.69) is 5.32 Å². The van der Waals surface area contributed by atoms with Crippen LogP contribution in [0.15, 0.2) is 28.7 Å². The number of rotatable bonds is 3. The van der Waals surface area contributed by atoms with E-state index in [1.165, 1.54) is 6.92 Å². The molecule has 1 amide bonds. The lowest BCUT2D eigenvalue weighted by Gasteiger charge is -2.13. The second kappa shape index (κ2) is 5.23. The molecule has 0 aliphatic heterocycles. The Bertz CT molecular complexity index is 803. The smallest absolute Gasteiger partial charge is 0.255 e. The number of ketones is 2. The lowest BCUT2D eigenvalue weighted by molar-refractivity contribution is 0.0931. The number of aliphatic hydroxyl groups is 1. The fourth-order valence-corrected chi connectivity index (χ4v) is 2.59. The van der Waals surface area contributed by atoms with Gasteiger partial charge in [0, 0.05) is 17.7 Å². The Morgan fingerprint density at radius 1 is 1.18 bits per heavy atom. The third-order valence-electron chi connectivity index (χ3n) is 3.56. The molecule has 1 aromatic carbocycles. The highest BCUT2D eigenvalue weighted by molar-refractivity contribution is 6.30. The van der Waals surface area contributed by atoms with Gasteiger partial charge in [-0.1, -0.05) is 24.3 Å². The molecule has 6 nitrogen and oxygen atoms in total. The second-order valence-corrected chi connectivity index (χ2v) is 4.92. The highest BCUT2D eigenvalue weighted by atomic mass is 16.4. The lowest BCUT2D eigenvalue weighted by Crippen LogP contribution is -2.29. The zero-order valence-electron chi connectivity index (χ0n) is 11.8. The molecule has 1 heterocycles. The Morgan fingerprint density at radius 3 is 2.45 bits per heavy atom. The molecule has 112 valence electrons. The van der Waals surface area contributed by atoms with E-state index in [0.29, 0.717) is 0 Å². The molecule has 0 unspecified atom stereocenters. The Hall–Kier alpha value is -2.73. The fourth-order valence-electron chi connectivity index (χ4n) is 2.59. The molecule has 0 saturated heterocycles. The number of nitrogens with one attached hydrogen (secondary N) is 1. The molecule has 0 spiro atoms. The van der Waals surface area contributed by atoms with Crippen molar-refractivity contribution >= 4 is 17.5 Å². The first kappa shape index (κ1) is 14.2. The first-order valence-electron chi connectivity index (χ1n) is 6.77. The molecule has 0 fully saturated rings. The molecule has 3 rings (SSSR count). The van der Waals surface area contributed by atoms with E-state index in [0.717, 1.165) is 0 Å². The Labute approximate surface area is 125 Å². The van der Waals surface area contributed by atoms with Crippen LogP contribution in [0.25, 0.3) is 0 Å². The van der Waals surface area contributed by atoms with Gasteiger partial charge in [0.25, 0.3) is 5.91 Å². The summed E-state index contributed by atoms with van der Waals surface area (Å²) >= 11 is 0. The number of furan rings is 1. The molecule has 22 heavy (non-hydrogen) atoms. The number of hydrogen-bond donors (Lipinski definition) is 2. The molecule has 6 heteroatoms. The first-order valence-corrected chi connectivity index (χ1v) is 6.77. The summed E-state index contributed by atoms with van der Waals surface area (Å²) in [6.07, 6.45) is 0. The number of hydrogen-bond acceptors (Lipinski definition) is 5. The van der Waals surface area contributed by atoms with Gasteiger partial charge in [0.05, 0.1) is 17.7 Å². The summed E-state index contributed by atoms with van der Waals surface area (Å²) < 4.78 is 5.38. The van der Waals surface area contributed by atoms with Crippen molar-refractivity contribution in [2.24, 2.45) is 0 Å². The van der Waals surface area contributed by atoms with Gasteiger partial charge in [-0.05, 0) is 6.92 Å². The number of benzene rings is 1. The summed E-state index contributed by atoms with van der Waals surface area (Å²) in [6.45, 7) is 1.36. The van der Waals surface area contributed by atoms with Crippen LogP contribution in [0.1, 0.15) is 48.2 Å². The first-order chi connectivity index (χ1) is 10.6. The van der Waals surface area contributed by atoms with Crippen molar-refractivity contribution in [1.82, 2.24) is 5.32 Å². The van der Waals surface area contributed by atoms with E-state index in [-0.39, 0.29) is 46.9 Å². The van der Waals surface area contributed by atoms with Gasteiger partial charge >= 0.3 is 0 Å². The number of fused-ring (bicyclic) bond motifs is 2. The molecule has 2 aromatic rings. The largest absolute Gasteiger partial charge is 0.456 e. The normalized spacial score (nSPS) is 12.8. The van der Waals surface area contributed by atoms with Gasteiger partial charge in [0.1, 0.15) is 5.76 Å². The molecule has 0 atom stereocenters. The maximum atomic E-state index is 12.6. The van der Waals surface area contributed by atoms with Gasteiger partial charge in [0.2, 0.25) is 5.78 Å². The predicted molar refractivity (Wildman–Crippen MR) is 76.2 cm³/mol. The maximum Gasteiger partial charge on any atom is 0.255 e. The molecule has 0 saturated carbocycles. The quantitative estimate of drug-likeness (QED) is 0.754. The topological polar surface area (TPSA) is 96.6 Å². The summed E-state index contributed by atoms with van der Waals surface area (Å²) in [5.74, 6) is -1.26. The molecular formula is C16H13NO5. The Morgan fingerprint density at radius 2 is 1.82 bits per heavy atom. The van der Waals surface area contributed by atoms with Crippen LogP contribution < -0.4 is 5.32 Å². The van der Waals surface area contributed by atoms with E-state index >= 15 is 0 Å². The zero-order chi connectivity index (χ0) is 15.9. The van der Waals surface area contributed by atoms with E-state index in [9.17, 15) is 14.4 Å². The predicted octanol–water partition coefficient (Wildman–Crippen LogP) is 1.09. The average molecular weight is 299 g/mol. The summed E-state index contributed by atoms with van der Waals surface area (Å²) in [5.41, 5.74) is 0.584. The van der Waals surface area contributed by atoms with Gasteiger partial charge in [-0.15, -0.1) is 0 Å². The molecule has 1 aromatic heterocycles. The van der Waals surface area contributed by atoms with E-state index in [1.54, 1.807) is 24.3 Å². The number of aryl methyl sites for hydroxylation is 1. The van der Waals surface area contributed by atoms with Crippen LogP contribution in [0.3, 0.4) is 0 Å². The highest BCUT2D eigenvalue weighted by Crippen LogP contribution is 2.32. The molecule has 0 bridgehead atoms. The van der Waals surface area contributed by atoms with Crippen LogP contribution in [-0.4, -0.2) is 35.7 Å². The van der Waals surface area contributed by atoms with E-state index < -0.39 is 17.5 Å². The number of amides is 1. The zero-order valence-corrected chi connectivity index (χ0v) is 11.8. The van der Waals surface area contributed by atoms with Gasteiger partial charge in [0.15, 0.2) is 11.5 Å². The average Bonchev–Trinajstić information content (AvgIpc) is 2.88. The van der Waals surface area contributed by atoms with Crippen molar-refractivity contribution in [3.63, 3.8) is 0 Å². The lowest BCUT2D eigenvalue weighted by atomic mass is 9.86. The summed E-state index contributed by atoms with van der Waals surface area (Å²) in [7, 11) is 0. The summed E-state index contributed by atoms with van der Waals surface area (Å²) in [5, 5.41) is 11.3. The number of carbonyl (C=O) groups is 3. The second-order valence-electron chi connectivity index (χ2n) is 4.92. The third kappa shape index (κ3) is 1.96. The van der Waals surface area contributed by atoms with Crippen molar-refractivity contribution in [1.29, 1.82) is 0 Å². The minimum absolute atomic E-state index is 0.00311. The van der Waals surface area contributed by atoms with E-state index in [1.807, 2.05) is 0 Å². The van der Waals surface area contributed by atoms with Gasteiger partial charge in [-0.25, -0.2) is 0 Å². The number of aliphatic hydroxyl groups excluding tert-OH is 1. The van der Waals surface area contributed by atoms with Gasteiger partial charge < -0.3 is 14.8 Å². The summed E-state index contributed by atoms with van der Waals surface area (Å²) in [4.78, 5) is 37.2. The Kier molecular flexibility index (Phi) is 3.38. The van der Waals surface area contributed by atoms with Gasteiger partial charge in [-0.3, -0.25) is 14.4 Å². The van der Waals surface area contributed by atoms with Crippen LogP contribution in [0.4, 0.5) is 0 Å². The van der Waals surface area contributed by atoms with Crippen molar-refractivity contribution in [2.75, 3.05) is 13.2 Å². The minimum Gasteiger partial charge on any atom is -0.456 e. The van der Waals surface area contributed by atoms with Crippen LogP contribution in [0, 0.1) is 6.92 Å². The van der Waals surface area contributed by atoms with E-state index in [4.69, 9.17) is 9.52 Å². The van der Waals surface area contributed by atoms with Crippen LogP contribution >= 0.6 is 0 Å². The molecule has 0 radical (unpaired) electrons. The minimum atomic E-state index is -0.544. The SMILES string of the molecule is Cc1oc2c(c1C(=O)NCCO)C(=O)c1ccccc1C2=O.